The molecule has 9 heteroatoms. The van der Waals surface area contributed by atoms with Gasteiger partial charge in [-0.15, -0.1) is 13.2 Å². The van der Waals surface area contributed by atoms with E-state index in [-0.39, 0.29) is 11.8 Å². The molecule has 1 fully saturated rings. The van der Waals surface area contributed by atoms with Crippen LogP contribution < -0.4 is 4.74 Å². The second-order valence-corrected chi connectivity index (χ2v) is 9.93. The van der Waals surface area contributed by atoms with Crippen molar-refractivity contribution in [2.24, 2.45) is 5.92 Å². The Morgan fingerprint density at radius 2 is 1.86 bits per heavy atom. The maximum Gasteiger partial charge on any atom is 0.573 e. The molecule has 0 bridgehead atoms. The topological polar surface area (TPSA) is 56.1 Å². The van der Waals surface area contributed by atoms with Gasteiger partial charge in [-0.1, -0.05) is 12.1 Å². The molecule has 0 N–H and O–H groups in total. The minimum absolute atomic E-state index is 0.244. The number of piperidine rings is 1. The summed E-state index contributed by atoms with van der Waals surface area (Å²) in [5, 5.41) is 0. The Morgan fingerprint density at radius 3 is 2.54 bits per heavy atom. The summed E-state index contributed by atoms with van der Waals surface area (Å²) < 4.78 is 49.1. The fourth-order valence-electron chi connectivity index (χ4n) is 4.35. The van der Waals surface area contributed by atoms with E-state index in [4.69, 9.17) is 4.74 Å². The van der Waals surface area contributed by atoms with Crippen LogP contribution >= 0.6 is 0 Å². The summed E-state index contributed by atoms with van der Waals surface area (Å²) in [6.45, 7) is 7.03. The number of hydrogen-bond acceptors (Lipinski definition) is 4. The van der Waals surface area contributed by atoms with Crippen LogP contribution in [-0.4, -0.2) is 45.4 Å². The number of aryl methyl sites for hydroxylation is 1. The Bertz CT molecular complexity index is 1180. The van der Waals surface area contributed by atoms with Crippen molar-refractivity contribution < 1.29 is 27.4 Å². The smallest absolute Gasteiger partial charge is 0.444 e. The van der Waals surface area contributed by atoms with Gasteiger partial charge in [-0.2, -0.15) is 0 Å². The van der Waals surface area contributed by atoms with Crippen molar-refractivity contribution in [3.8, 4) is 17.0 Å². The summed E-state index contributed by atoms with van der Waals surface area (Å²) in [6, 6.07) is 9.91. The first-order valence-corrected chi connectivity index (χ1v) is 11.8. The number of carbonyl (C=O) groups is 1. The Morgan fingerprint density at radius 1 is 1.11 bits per heavy atom. The highest BCUT2D eigenvalue weighted by atomic mass is 19.4. The molecule has 0 atom stereocenters. The largest absolute Gasteiger partial charge is 0.573 e. The minimum atomic E-state index is -4.74. The molecule has 2 aromatic heterocycles. The predicted octanol–water partition coefficient (Wildman–Crippen LogP) is 6.48. The predicted molar refractivity (Wildman–Crippen MR) is 126 cm³/mol. The molecule has 0 radical (unpaired) electrons. The van der Waals surface area contributed by atoms with Crippen molar-refractivity contribution in [3.63, 3.8) is 0 Å². The van der Waals surface area contributed by atoms with Gasteiger partial charge in [0.2, 0.25) is 0 Å². The number of benzene rings is 1. The highest BCUT2D eigenvalue weighted by molar-refractivity contribution is 5.68. The van der Waals surface area contributed by atoms with Crippen molar-refractivity contribution in [1.82, 2.24) is 14.3 Å². The van der Waals surface area contributed by atoms with Gasteiger partial charge in [-0.25, -0.2) is 9.78 Å². The maximum absolute atomic E-state index is 12.6. The van der Waals surface area contributed by atoms with Crippen LogP contribution in [0.25, 0.3) is 16.9 Å². The van der Waals surface area contributed by atoms with Crippen molar-refractivity contribution in [2.45, 2.75) is 58.4 Å². The number of imidazole rings is 1. The molecule has 6 nitrogen and oxygen atoms in total. The van der Waals surface area contributed by atoms with E-state index in [1.165, 1.54) is 18.2 Å². The fraction of sp³-hybridized carbons (Fsp3) is 0.462. The van der Waals surface area contributed by atoms with E-state index in [1.807, 2.05) is 43.5 Å². The summed E-state index contributed by atoms with van der Waals surface area (Å²) >= 11 is 0. The van der Waals surface area contributed by atoms with Crippen LogP contribution in [0.5, 0.6) is 5.75 Å². The Hall–Kier alpha value is -3.23. The zero-order valence-electron chi connectivity index (χ0n) is 20.1. The lowest BCUT2D eigenvalue weighted by Crippen LogP contribution is -2.41. The van der Waals surface area contributed by atoms with Crippen LogP contribution in [0, 0.1) is 5.92 Å². The average Bonchev–Trinajstić information content (AvgIpc) is 3.19. The fourth-order valence-corrected chi connectivity index (χ4v) is 4.35. The maximum atomic E-state index is 12.6. The number of halogens is 3. The van der Waals surface area contributed by atoms with Gasteiger partial charge in [0.15, 0.2) is 0 Å². The Labute approximate surface area is 202 Å². The number of carbonyl (C=O) groups excluding carboxylic acids is 1. The number of pyridine rings is 1. The molecule has 1 saturated heterocycles. The first-order valence-electron chi connectivity index (χ1n) is 11.8. The van der Waals surface area contributed by atoms with Crippen LogP contribution in [0.4, 0.5) is 18.0 Å². The molecule has 3 aromatic rings. The normalized spacial score (nSPS) is 15.4. The number of fused-ring (bicyclic) bond motifs is 1. The highest BCUT2D eigenvalue weighted by Gasteiger charge is 2.31. The third-order valence-corrected chi connectivity index (χ3v) is 6.05. The molecule has 0 spiro atoms. The number of ether oxygens (including phenoxy) is 2. The second kappa shape index (κ2) is 9.79. The molecule has 4 rings (SSSR count). The number of amides is 1. The molecular formula is C26H30F3N3O3. The van der Waals surface area contributed by atoms with Gasteiger partial charge >= 0.3 is 12.5 Å². The van der Waals surface area contributed by atoms with Crippen molar-refractivity contribution >= 4 is 11.7 Å². The molecule has 1 aromatic carbocycles. The lowest BCUT2D eigenvalue weighted by Gasteiger charge is -2.33. The molecule has 0 unspecified atom stereocenters. The van der Waals surface area contributed by atoms with Gasteiger partial charge in [-0.3, -0.25) is 4.40 Å². The quantitative estimate of drug-likeness (QED) is 0.412. The molecular weight excluding hydrogens is 459 g/mol. The summed E-state index contributed by atoms with van der Waals surface area (Å²) in [7, 11) is 0. The summed E-state index contributed by atoms with van der Waals surface area (Å²) in [5.41, 5.74) is 2.68. The van der Waals surface area contributed by atoms with E-state index in [2.05, 4.69) is 9.72 Å². The zero-order valence-corrected chi connectivity index (χ0v) is 20.1. The molecule has 1 amide bonds. The van der Waals surface area contributed by atoms with Crippen LogP contribution in [-0.2, 0) is 11.2 Å². The van der Waals surface area contributed by atoms with Crippen molar-refractivity contribution in [3.05, 3.63) is 54.4 Å². The van der Waals surface area contributed by atoms with E-state index in [1.54, 1.807) is 17.2 Å². The van der Waals surface area contributed by atoms with Gasteiger partial charge in [0.25, 0.3) is 0 Å². The van der Waals surface area contributed by atoms with Crippen molar-refractivity contribution in [2.75, 3.05) is 13.1 Å². The molecule has 0 aliphatic carbocycles. The first-order chi connectivity index (χ1) is 16.5. The first kappa shape index (κ1) is 24.9. The molecule has 1 aliphatic rings. The Kier molecular flexibility index (Phi) is 6.96. The van der Waals surface area contributed by atoms with Crippen LogP contribution in [0.1, 0.15) is 45.6 Å². The average molecular weight is 490 g/mol. The molecule has 3 heterocycles. The molecule has 1 aliphatic heterocycles. The van der Waals surface area contributed by atoms with E-state index in [0.29, 0.717) is 30.3 Å². The standard InChI is InChI=1S/C26H30F3N3O3/c1-25(2,3)35-24(33)31-12-9-18(10-13-31)7-8-19-11-14-32-22(17-30-23(32)15-19)20-5-4-6-21(16-20)34-26(27,28)29/h4-6,11,14-18H,7-10,12-13H2,1-3H3. The number of likely N-dealkylation sites (tertiary alicyclic amines) is 1. The third kappa shape index (κ3) is 6.68. The number of aromatic nitrogens is 2. The number of nitrogens with zero attached hydrogens (tertiary/aromatic N) is 3. The number of hydrogen-bond donors (Lipinski definition) is 0. The SMILES string of the molecule is CC(C)(C)OC(=O)N1CCC(CCc2ccn3c(-c4cccc(OC(F)(F)F)c4)cnc3c2)CC1. The minimum Gasteiger partial charge on any atom is -0.444 e. The lowest BCUT2D eigenvalue weighted by atomic mass is 9.91. The van der Waals surface area contributed by atoms with Gasteiger partial charge in [0.05, 0.1) is 11.9 Å². The van der Waals surface area contributed by atoms with Crippen LogP contribution in [0.15, 0.2) is 48.8 Å². The van der Waals surface area contributed by atoms with E-state index >= 15 is 0 Å². The molecule has 0 saturated carbocycles. The lowest BCUT2D eigenvalue weighted by molar-refractivity contribution is -0.274. The van der Waals surface area contributed by atoms with Gasteiger partial charge < -0.3 is 14.4 Å². The number of alkyl halides is 3. The summed E-state index contributed by atoms with van der Waals surface area (Å²) in [5.74, 6) is 0.274. The van der Waals surface area contributed by atoms with Crippen LogP contribution in [0.3, 0.4) is 0 Å². The number of rotatable bonds is 5. The molecule has 188 valence electrons. The van der Waals surface area contributed by atoms with Crippen LogP contribution in [0.2, 0.25) is 0 Å². The second-order valence-electron chi connectivity index (χ2n) is 9.93. The Balaban J connectivity index is 1.36. The van der Waals surface area contributed by atoms with E-state index < -0.39 is 12.0 Å². The van der Waals surface area contributed by atoms with Crippen molar-refractivity contribution in [1.29, 1.82) is 0 Å². The third-order valence-electron chi connectivity index (χ3n) is 6.05. The summed E-state index contributed by atoms with van der Waals surface area (Å²) in [4.78, 5) is 18.5. The molecule has 35 heavy (non-hydrogen) atoms. The zero-order chi connectivity index (χ0) is 25.2. The highest BCUT2D eigenvalue weighted by Crippen LogP contribution is 2.29. The summed E-state index contributed by atoms with van der Waals surface area (Å²) in [6.07, 6.45) is 2.38. The van der Waals surface area contributed by atoms with E-state index in [0.717, 1.165) is 36.9 Å². The van der Waals surface area contributed by atoms with Gasteiger partial charge in [-0.05, 0) is 82.2 Å². The van der Waals surface area contributed by atoms with E-state index in [9.17, 15) is 18.0 Å². The van der Waals surface area contributed by atoms with Gasteiger partial charge in [0.1, 0.15) is 17.0 Å². The monoisotopic (exact) mass is 489 g/mol. The van der Waals surface area contributed by atoms with Gasteiger partial charge in [0, 0.05) is 24.8 Å².